The van der Waals surface area contributed by atoms with Crippen LogP contribution in [0.4, 0.5) is 0 Å². The van der Waals surface area contributed by atoms with Gasteiger partial charge in [0, 0.05) is 0 Å². The van der Waals surface area contributed by atoms with E-state index in [9.17, 15) is 8.42 Å². The third-order valence-electron chi connectivity index (χ3n) is 1.25. The van der Waals surface area contributed by atoms with Gasteiger partial charge in [-0.1, -0.05) is 13.8 Å². The Kier molecular flexibility index (Phi) is 7.43. The maximum Gasteiger partial charge on any atom is 0.257 e. The van der Waals surface area contributed by atoms with Crippen molar-refractivity contribution in [2.45, 2.75) is 20.3 Å². The first-order chi connectivity index (χ1) is 5.63. The van der Waals surface area contributed by atoms with E-state index < -0.39 is 11.0 Å². The van der Waals surface area contributed by atoms with Crippen LogP contribution in [0.25, 0.3) is 0 Å². The quantitative estimate of drug-likeness (QED) is 0.449. The van der Waals surface area contributed by atoms with Crippen LogP contribution in [0, 0.1) is 5.92 Å². The second-order valence-corrected chi connectivity index (χ2v) is 3.71. The number of nitrogens with one attached hydrogen (secondary N) is 1. The molecule has 0 aromatic carbocycles. The lowest BCUT2D eigenvalue weighted by atomic mass is 10.2. The van der Waals surface area contributed by atoms with Crippen molar-refractivity contribution in [2.24, 2.45) is 5.92 Å². The highest BCUT2D eigenvalue weighted by atomic mass is 32.2. The highest BCUT2D eigenvalue weighted by molar-refractivity contribution is 7.67. The fourth-order valence-electron chi connectivity index (χ4n) is 0.727. The fraction of sp³-hybridized carbons (Fsp3) is 1.00. The largest absolute Gasteiger partial charge is 0.316 e. The van der Waals surface area contributed by atoms with Gasteiger partial charge in [0.05, 0.1) is 6.61 Å². The molecule has 0 saturated carbocycles. The molecule has 74 valence electrons. The van der Waals surface area contributed by atoms with E-state index in [1.54, 1.807) is 0 Å². The molecule has 0 bridgehead atoms. The van der Waals surface area contributed by atoms with Gasteiger partial charge in [0.15, 0.2) is 0 Å². The molecule has 0 amide bonds. The van der Waals surface area contributed by atoms with E-state index in [1.165, 1.54) is 0 Å². The fourth-order valence-corrected chi connectivity index (χ4v) is 1.01. The van der Waals surface area contributed by atoms with Crippen LogP contribution < -0.4 is 5.32 Å². The number of rotatable bonds is 7. The van der Waals surface area contributed by atoms with E-state index in [1.807, 2.05) is 0 Å². The van der Waals surface area contributed by atoms with Gasteiger partial charge >= 0.3 is 0 Å². The zero-order valence-electron chi connectivity index (χ0n) is 7.58. The Morgan fingerprint density at radius 1 is 1.42 bits per heavy atom. The lowest BCUT2D eigenvalue weighted by Gasteiger charge is -2.05. The minimum atomic E-state index is -2.66. The highest BCUT2D eigenvalue weighted by Crippen LogP contribution is 1.87. The Balaban J connectivity index is 3.01. The predicted octanol–water partition coefficient (Wildman–Crippen LogP) is 0.165. The van der Waals surface area contributed by atoms with Crippen molar-refractivity contribution < 1.29 is 12.6 Å². The summed E-state index contributed by atoms with van der Waals surface area (Å²) in [6.07, 6.45) is 0.732. The summed E-state index contributed by atoms with van der Waals surface area (Å²) in [7, 11) is -2.66. The molecule has 12 heavy (non-hydrogen) atoms. The highest BCUT2D eigenvalue weighted by Gasteiger charge is 1.92. The summed E-state index contributed by atoms with van der Waals surface area (Å²) in [4.78, 5) is 0. The van der Waals surface area contributed by atoms with Crippen LogP contribution in [0.5, 0.6) is 0 Å². The van der Waals surface area contributed by atoms with Gasteiger partial charge in [0.1, 0.15) is 0 Å². The van der Waals surface area contributed by atoms with Gasteiger partial charge in [-0.3, -0.25) is 4.18 Å². The molecule has 0 saturated heterocycles. The van der Waals surface area contributed by atoms with Crippen molar-refractivity contribution in [1.82, 2.24) is 5.32 Å². The summed E-state index contributed by atoms with van der Waals surface area (Å²) < 4.78 is 24.2. The SMILES string of the molecule is CC(C)CNCCCO[SH](=O)=O. The molecule has 4 nitrogen and oxygen atoms in total. The Bertz CT molecular complexity index is 160. The van der Waals surface area contributed by atoms with Gasteiger partial charge in [-0.2, -0.15) is 0 Å². The van der Waals surface area contributed by atoms with Gasteiger partial charge < -0.3 is 5.32 Å². The molecule has 0 aliphatic carbocycles. The van der Waals surface area contributed by atoms with Gasteiger partial charge in [-0.25, -0.2) is 8.42 Å². The van der Waals surface area contributed by atoms with Crippen LogP contribution in [-0.4, -0.2) is 28.1 Å². The van der Waals surface area contributed by atoms with Crippen LogP contribution >= 0.6 is 0 Å². The van der Waals surface area contributed by atoms with Crippen molar-refractivity contribution in [2.75, 3.05) is 19.7 Å². The standard InChI is InChI=1S/C7H17NO3S/c1-7(2)6-8-4-3-5-11-12(9)10/h7-8,12H,3-6H2,1-2H3. The van der Waals surface area contributed by atoms with Crippen LogP contribution in [0.1, 0.15) is 20.3 Å². The molecule has 0 spiro atoms. The second kappa shape index (κ2) is 7.52. The second-order valence-electron chi connectivity index (χ2n) is 3.01. The van der Waals surface area contributed by atoms with E-state index >= 15 is 0 Å². The molecule has 0 radical (unpaired) electrons. The number of hydrogen-bond donors (Lipinski definition) is 2. The zero-order valence-corrected chi connectivity index (χ0v) is 8.47. The summed E-state index contributed by atoms with van der Waals surface area (Å²) in [6.45, 7) is 6.30. The van der Waals surface area contributed by atoms with E-state index in [-0.39, 0.29) is 6.61 Å². The lowest BCUT2D eigenvalue weighted by Crippen LogP contribution is -2.21. The molecule has 0 aliphatic rings. The van der Waals surface area contributed by atoms with Crippen molar-refractivity contribution in [3.8, 4) is 0 Å². The van der Waals surface area contributed by atoms with Gasteiger partial charge in [-0.15, -0.1) is 0 Å². The molecule has 1 N–H and O–H groups in total. The Hall–Kier alpha value is -0.130. The van der Waals surface area contributed by atoms with Gasteiger partial charge in [-0.05, 0) is 25.4 Å². The summed E-state index contributed by atoms with van der Waals surface area (Å²) in [5.41, 5.74) is 0. The molecule has 0 unspecified atom stereocenters. The lowest BCUT2D eigenvalue weighted by molar-refractivity contribution is 0.322. The minimum absolute atomic E-state index is 0.282. The summed E-state index contributed by atoms with van der Waals surface area (Å²) >= 11 is 0. The molecule has 0 fully saturated rings. The molecular weight excluding hydrogens is 178 g/mol. The van der Waals surface area contributed by atoms with Crippen molar-refractivity contribution >= 4 is 11.0 Å². The monoisotopic (exact) mass is 195 g/mol. The van der Waals surface area contributed by atoms with Gasteiger partial charge in [0.2, 0.25) is 0 Å². The van der Waals surface area contributed by atoms with Crippen molar-refractivity contribution in [3.05, 3.63) is 0 Å². The smallest absolute Gasteiger partial charge is 0.257 e. The summed E-state index contributed by atoms with van der Waals surface area (Å²) in [5.74, 6) is 0.627. The molecule has 0 heterocycles. The molecule has 0 aliphatic heterocycles. The Morgan fingerprint density at radius 3 is 2.58 bits per heavy atom. The minimum Gasteiger partial charge on any atom is -0.316 e. The topological polar surface area (TPSA) is 55.4 Å². The maximum absolute atomic E-state index is 9.93. The summed E-state index contributed by atoms with van der Waals surface area (Å²) in [6, 6.07) is 0. The van der Waals surface area contributed by atoms with Gasteiger partial charge in [0.25, 0.3) is 11.0 Å². The van der Waals surface area contributed by atoms with Crippen molar-refractivity contribution in [1.29, 1.82) is 0 Å². The molecule has 0 atom stereocenters. The summed E-state index contributed by atoms with van der Waals surface area (Å²) in [5, 5.41) is 3.18. The third-order valence-corrected chi connectivity index (χ3v) is 1.64. The molecule has 0 aromatic rings. The number of hydrogen-bond acceptors (Lipinski definition) is 4. The van der Waals surface area contributed by atoms with E-state index in [0.29, 0.717) is 5.92 Å². The molecule has 0 rings (SSSR count). The van der Waals surface area contributed by atoms with Crippen LogP contribution in [0.2, 0.25) is 0 Å². The normalized spacial score (nSPS) is 11.3. The average Bonchev–Trinajstić information content (AvgIpc) is 1.95. The average molecular weight is 195 g/mol. The first kappa shape index (κ1) is 11.9. The van der Waals surface area contributed by atoms with Crippen molar-refractivity contribution in [3.63, 3.8) is 0 Å². The predicted molar refractivity (Wildman–Crippen MR) is 48.6 cm³/mol. The molecule has 0 aromatic heterocycles. The number of thiol groups is 1. The zero-order chi connectivity index (χ0) is 9.40. The molecular formula is C7H17NO3S. The van der Waals surface area contributed by atoms with Crippen LogP contribution in [0.3, 0.4) is 0 Å². The van der Waals surface area contributed by atoms with Crippen LogP contribution in [0.15, 0.2) is 0 Å². The Morgan fingerprint density at radius 2 is 2.08 bits per heavy atom. The first-order valence-electron chi connectivity index (χ1n) is 4.11. The first-order valence-corrected chi connectivity index (χ1v) is 5.20. The third kappa shape index (κ3) is 9.87. The van der Waals surface area contributed by atoms with E-state index in [0.717, 1.165) is 19.5 Å². The van der Waals surface area contributed by atoms with E-state index in [4.69, 9.17) is 0 Å². The molecule has 5 heteroatoms. The maximum atomic E-state index is 9.93. The van der Waals surface area contributed by atoms with E-state index in [2.05, 4.69) is 23.3 Å². The Labute approximate surface area is 75.5 Å². The van der Waals surface area contributed by atoms with Crippen LogP contribution in [-0.2, 0) is 15.2 Å².